The molecule has 0 saturated carbocycles. The number of aromatic nitrogens is 1. The summed E-state index contributed by atoms with van der Waals surface area (Å²) in [6.07, 6.45) is 0. The van der Waals surface area contributed by atoms with E-state index in [-0.39, 0.29) is 11.2 Å². The van der Waals surface area contributed by atoms with E-state index in [4.69, 9.17) is 9.47 Å². The van der Waals surface area contributed by atoms with E-state index >= 15 is 0 Å². The number of hydrogen-bond donors (Lipinski definition) is 1. The van der Waals surface area contributed by atoms with Crippen molar-refractivity contribution in [3.05, 3.63) is 42.5 Å². The summed E-state index contributed by atoms with van der Waals surface area (Å²) in [4.78, 5) is 17.1. The van der Waals surface area contributed by atoms with E-state index in [1.807, 2.05) is 31.2 Å². The van der Waals surface area contributed by atoms with Gasteiger partial charge in [-0.25, -0.2) is 4.98 Å². The lowest BCUT2D eigenvalue weighted by Crippen LogP contribution is -2.22. The number of fused-ring (bicyclic) bond motifs is 1. The maximum atomic E-state index is 12.5. The predicted octanol–water partition coefficient (Wildman–Crippen LogP) is 4.43. The molecule has 0 aliphatic rings. The molecule has 2 aromatic carbocycles. The summed E-state index contributed by atoms with van der Waals surface area (Å²) in [5.41, 5.74) is 1.54. The third-order valence-corrected chi connectivity index (χ3v) is 5.82. The van der Waals surface area contributed by atoms with Crippen molar-refractivity contribution in [3.63, 3.8) is 0 Å². The van der Waals surface area contributed by atoms with Crippen LogP contribution >= 0.6 is 23.1 Å². The Bertz CT molecular complexity index is 862. The van der Waals surface area contributed by atoms with Crippen LogP contribution in [0.4, 0.5) is 5.69 Å². The van der Waals surface area contributed by atoms with E-state index in [9.17, 15) is 4.79 Å². The number of hydrogen-bond acceptors (Lipinski definition) is 6. The molecule has 0 fully saturated rings. The van der Waals surface area contributed by atoms with Gasteiger partial charge < -0.3 is 14.8 Å². The van der Waals surface area contributed by atoms with Gasteiger partial charge in [-0.15, -0.1) is 11.3 Å². The molecule has 7 heteroatoms. The van der Waals surface area contributed by atoms with Crippen LogP contribution in [0.15, 0.2) is 46.8 Å². The Labute approximate surface area is 154 Å². The van der Waals surface area contributed by atoms with Crippen molar-refractivity contribution < 1.29 is 14.3 Å². The Balaban J connectivity index is 1.72. The summed E-state index contributed by atoms with van der Waals surface area (Å²) in [7, 11) is 3.15. The van der Waals surface area contributed by atoms with Gasteiger partial charge in [0.2, 0.25) is 5.91 Å². The van der Waals surface area contributed by atoms with Gasteiger partial charge in [-0.3, -0.25) is 4.79 Å². The molecule has 0 bridgehead atoms. The smallest absolute Gasteiger partial charge is 0.237 e. The van der Waals surface area contributed by atoms with Gasteiger partial charge in [0.25, 0.3) is 0 Å². The molecule has 0 unspecified atom stereocenters. The zero-order valence-corrected chi connectivity index (χ0v) is 15.7. The normalized spacial score (nSPS) is 12.0. The number of carbonyl (C=O) groups excluding carboxylic acids is 1. The fourth-order valence-corrected chi connectivity index (χ4v) is 4.46. The number of carbonyl (C=O) groups is 1. The second-order valence-electron chi connectivity index (χ2n) is 5.26. The summed E-state index contributed by atoms with van der Waals surface area (Å²) in [6, 6.07) is 13.2. The van der Waals surface area contributed by atoms with Crippen molar-refractivity contribution in [3.8, 4) is 11.5 Å². The van der Waals surface area contributed by atoms with E-state index < -0.39 is 0 Å². The maximum Gasteiger partial charge on any atom is 0.237 e. The lowest BCUT2D eigenvalue weighted by Gasteiger charge is -2.14. The number of amides is 1. The number of benzene rings is 2. The molecule has 130 valence electrons. The average Bonchev–Trinajstić information content (AvgIpc) is 3.03. The fraction of sp³-hybridized carbons (Fsp3) is 0.222. The van der Waals surface area contributed by atoms with Gasteiger partial charge in [0.15, 0.2) is 4.34 Å². The van der Waals surface area contributed by atoms with Crippen molar-refractivity contribution in [1.82, 2.24) is 4.98 Å². The minimum atomic E-state index is -0.295. The molecule has 0 aliphatic carbocycles. The minimum absolute atomic E-state index is 0.115. The van der Waals surface area contributed by atoms with Crippen LogP contribution in [0.2, 0.25) is 0 Å². The number of para-hydroxylation sites is 1. The van der Waals surface area contributed by atoms with Crippen LogP contribution in [0.5, 0.6) is 11.5 Å². The number of rotatable bonds is 6. The van der Waals surface area contributed by atoms with Crippen LogP contribution in [0.1, 0.15) is 6.92 Å². The van der Waals surface area contributed by atoms with Crippen molar-refractivity contribution in [2.45, 2.75) is 16.5 Å². The minimum Gasteiger partial charge on any atom is -0.497 e. The third-order valence-electron chi connectivity index (χ3n) is 3.59. The number of thiazole rings is 1. The first-order valence-electron chi connectivity index (χ1n) is 7.66. The summed E-state index contributed by atoms with van der Waals surface area (Å²) in [5, 5.41) is 2.61. The van der Waals surface area contributed by atoms with Crippen LogP contribution in [0, 0.1) is 0 Å². The third kappa shape index (κ3) is 4.05. The van der Waals surface area contributed by atoms with Gasteiger partial charge in [-0.2, -0.15) is 0 Å². The maximum absolute atomic E-state index is 12.5. The molecule has 25 heavy (non-hydrogen) atoms. The Morgan fingerprint density at radius 2 is 2.00 bits per heavy atom. The second-order valence-corrected chi connectivity index (χ2v) is 7.88. The number of ether oxygens (including phenoxy) is 2. The van der Waals surface area contributed by atoms with Gasteiger partial charge in [0.1, 0.15) is 11.5 Å². The molecular formula is C18H18N2O3S2. The SMILES string of the molecule is COc1ccc(OC)c(NC(=O)[C@@H](C)Sc2nc3ccccc3s2)c1. The van der Waals surface area contributed by atoms with Crippen LogP contribution < -0.4 is 14.8 Å². The van der Waals surface area contributed by atoms with E-state index in [1.165, 1.54) is 11.8 Å². The van der Waals surface area contributed by atoms with Crippen molar-refractivity contribution in [1.29, 1.82) is 0 Å². The molecule has 0 saturated heterocycles. The van der Waals surface area contributed by atoms with Crippen LogP contribution in [0.3, 0.4) is 0 Å². The number of anilines is 1. The average molecular weight is 374 g/mol. The van der Waals surface area contributed by atoms with Crippen LogP contribution in [-0.2, 0) is 4.79 Å². The van der Waals surface area contributed by atoms with Gasteiger partial charge >= 0.3 is 0 Å². The van der Waals surface area contributed by atoms with Gasteiger partial charge in [0, 0.05) is 6.07 Å². The molecule has 1 aromatic heterocycles. The zero-order chi connectivity index (χ0) is 17.8. The van der Waals surface area contributed by atoms with E-state index in [0.717, 1.165) is 14.6 Å². The fourth-order valence-electron chi connectivity index (χ4n) is 2.25. The Kier molecular flexibility index (Phi) is 5.45. The van der Waals surface area contributed by atoms with E-state index in [0.29, 0.717) is 17.2 Å². The summed E-state index contributed by atoms with van der Waals surface area (Å²) >= 11 is 3.03. The summed E-state index contributed by atoms with van der Waals surface area (Å²) < 4.78 is 12.5. The first kappa shape index (κ1) is 17.6. The highest BCUT2D eigenvalue weighted by atomic mass is 32.2. The Morgan fingerprint density at radius 1 is 1.20 bits per heavy atom. The zero-order valence-electron chi connectivity index (χ0n) is 14.1. The Hall–Kier alpha value is -2.25. The van der Waals surface area contributed by atoms with Crippen molar-refractivity contribution >= 4 is 44.9 Å². The number of methoxy groups -OCH3 is 2. The number of nitrogens with zero attached hydrogens (tertiary/aromatic N) is 1. The molecule has 3 aromatic rings. The highest BCUT2D eigenvalue weighted by Gasteiger charge is 2.18. The highest BCUT2D eigenvalue weighted by molar-refractivity contribution is 8.02. The molecule has 0 spiro atoms. The molecule has 5 nitrogen and oxygen atoms in total. The molecule has 0 radical (unpaired) electrons. The number of nitrogens with one attached hydrogen (secondary N) is 1. The van der Waals surface area contributed by atoms with E-state index in [1.54, 1.807) is 43.8 Å². The van der Waals surface area contributed by atoms with Gasteiger partial charge in [-0.1, -0.05) is 23.9 Å². The quantitative estimate of drug-likeness (QED) is 0.647. The predicted molar refractivity (Wildman–Crippen MR) is 103 cm³/mol. The summed E-state index contributed by atoms with van der Waals surface area (Å²) in [5.74, 6) is 1.13. The number of thioether (sulfide) groups is 1. The molecular weight excluding hydrogens is 356 g/mol. The first-order chi connectivity index (χ1) is 12.1. The lowest BCUT2D eigenvalue weighted by atomic mass is 10.2. The molecule has 1 amide bonds. The standard InChI is InChI=1S/C18H18N2O3S2/c1-11(24-18-20-13-6-4-5-7-16(13)25-18)17(21)19-14-10-12(22-2)8-9-15(14)23-3/h4-11H,1-3H3,(H,19,21)/t11-/m1/s1. The molecule has 1 atom stereocenters. The monoisotopic (exact) mass is 374 g/mol. The Morgan fingerprint density at radius 3 is 2.72 bits per heavy atom. The highest BCUT2D eigenvalue weighted by Crippen LogP contribution is 2.33. The molecule has 1 N–H and O–H groups in total. The van der Waals surface area contributed by atoms with Crippen molar-refractivity contribution in [2.24, 2.45) is 0 Å². The second kappa shape index (κ2) is 7.76. The molecule has 3 rings (SSSR count). The molecule has 1 heterocycles. The van der Waals surface area contributed by atoms with Crippen LogP contribution in [0.25, 0.3) is 10.2 Å². The molecule has 0 aliphatic heterocycles. The van der Waals surface area contributed by atoms with Crippen LogP contribution in [-0.4, -0.2) is 30.4 Å². The lowest BCUT2D eigenvalue weighted by molar-refractivity contribution is -0.115. The summed E-state index contributed by atoms with van der Waals surface area (Å²) in [6.45, 7) is 1.86. The first-order valence-corrected chi connectivity index (χ1v) is 9.35. The van der Waals surface area contributed by atoms with Gasteiger partial charge in [0.05, 0.1) is 35.4 Å². The largest absolute Gasteiger partial charge is 0.497 e. The van der Waals surface area contributed by atoms with Crippen molar-refractivity contribution in [2.75, 3.05) is 19.5 Å². The van der Waals surface area contributed by atoms with Gasteiger partial charge in [-0.05, 0) is 31.2 Å². The topological polar surface area (TPSA) is 60.5 Å². The van der Waals surface area contributed by atoms with E-state index in [2.05, 4.69) is 10.3 Å².